The van der Waals surface area contributed by atoms with Crippen LogP contribution in [0.3, 0.4) is 0 Å². The predicted molar refractivity (Wildman–Crippen MR) is 70.0 cm³/mol. The Labute approximate surface area is 112 Å². The fourth-order valence-electron chi connectivity index (χ4n) is 2.92. The molecule has 0 spiro atoms. The highest BCUT2D eigenvalue weighted by Crippen LogP contribution is 2.29. The second-order valence-electron chi connectivity index (χ2n) is 5.16. The number of aryl methyl sites for hydroxylation is 2. The Morgan fingerprint density at radius 3 is 3.21 bits per heavy atom. The van der Waals surface area contributed by atoms with Gasteiger partial charge in [0, 0.05) is 0 Å². The van der Waals surface area contributed by atoms with Crippen molar-refractivity contribution in [3.63, 3.8) is 0 Å². The van der Waals surface area contributed by atoms with Gasteiger partial charge in [-0.1, -0.05) is 6.07 Å². The molecule has 98 valence electrons. The number of imidazole rings is 1. The van der Waals surface area contributed by atoms with Gasteiger partial charge in [0.2, 0.25) is 6.23 Å². The van der Waals surface area contributed by atoms with Crippen molar-refractivity contribution < 1.29 is 9.47 Å². The molecule has 0 saturated heterocycles. The molecule has 1 unspecified atom stereocenters. The number of nitrogens with zero attached hydrogens (tertiary/aromatic N) is 2. The highest BCUT2D eigenvalue weighted by atomic mass is 16.5. The van der Waals surface area contributed by atoms with E-state index in [9.17, 15) is 0 Å². The molecular formula is C15H16N2O2. The molecule has 1 aromatic heterocycles. The van der Waals surface area contributed by atoms with Crippen LogP contribution in [0.4, 0.5) is 0 Å². The Hall–Kier alpha value is -1.81. The molecule has 1 aliphatic carbocycles. The zero-order valence-corrected chi connectivity index (χ0v) is 10.7. The van der Waals surface area contributed by atoms with Crippen LogP contribution in [0.25, 0.3) is 0 Å². The zero-order valence-electron chi connectivity index (χ0n) is 10.7. The summed E-state index contributed by atoms with van der Waals surface area (Å²) in [7, 11) is 0. The van der Waals surface area contributed by atoms with Gasteiger partial charge in [-0.25, -0.2) is 4.98 Å². The Morgan fingerprint density at radius 2 is 2.21 bits per heavy atom. The van der Waals surface area contributed by atoms with E-state index in [0.29, 0.717) is 13.2 Å². The van der Waals surface area contributed by atoms with Gasteiger partial charge in [0.15, 0.2) is 0 Å². The third-order valence-electron chi connectivity index (χ3n) is 3.91. The highest BCUT2D eigenvalue weighted by Gasteiger charge is 2.22. The molecule has 1 atom stereocenters. The quantitative estimate of drug-likeness (QED) is 0.828. The van der Waals surface area contributed by atoms with Crippen molar-refractivity contribution in [2.24, 2.45) is 0 Å². The van der Waals surface area contributed by atoms with Gasteiger partial charge in [-0.15, -0.1) is 0 Å². The summed E-state index contributed by atoms with van der Waals surface area (Å²) in [4.78, 5) is 4.16. The summed E-state index contributed by atoms with van der Waals surface area (Å²) in [6.07, 6.45) is 7.17. The SMILES string of the molecule is c1cc2c(cc1OC1COCc3cncn31)CCC2. The number of hydrogen-bond acceptors (Lipinski definition) is 3. The maximum Gasteiger partial charge on any atom is 0.200 e. The number of hydrogen-bond donors (Lipinski definition) is 0. The zero-order chi connectivity index (χ0) is 12.7. The van der Waals surface area contributed by atoms with Crippen LogP contribution in [0.5, 0.6) is 5.75 Å². The van der Waals surface area contributed by atoms with Crippen LogP contribution in [0.2, 0.25) is 0 Å². The normalized spacial score (nSPS) is 20.9. The molecule has 0 bridgehead atoms. The lowest BCUT2D eigenvalue weighted by Crippen LogP contribution is -2.27. The molecule has 4 nitrogen and oxygen atoms in total. The number of benzene rings is 1. The fourth-order valence-corrected chi connectivity index (χ4v) is 2.92. The van der Waals surface area contributed by atoms with Gasteiger partial charge in [-0.3, -0.25) is 4.57 Å². The third kappa shape index (κ3) is 1.92. The molecule has 4 rings (SSSR count). The van der Waals surface area contributed by atoms with Crippen molar-refractivity contribution in [1.82, 2.24) is 9.55 Å². The van der Waals surface area contributed by atoms with E-state index in [0.717, 1.165) is 11.4 Å². The Balaban J connectivity index is 1.59. The average Bonchev–Trinajstić information content (AvgIpc) is 3.06. The molecule has 1 aromatic carbocycles. The predicted octanol–water partition coefficient (Wildman–Crippen LogP) is 2.48. The van der Waals surface area contributed by atoms with Crippen LogP contribution in [0, 0.1) is 0 Å². The summed E-state index contributed by atoms with van der Waals surface area (Å²) in [6.45, 7) is 1.19. The lowest BCUT2D eigenvalue weighted by Gasteiger charge is -2.26. The molecule has 1 aliphatic heterocycles. The Kier molecular flexibility index (Phi) is 2.55. The molecule has 0 N–H and O–H groups in total. The van der Waals surface area contributed by atoms with Gasteiger partial charge in [-0.2, -0.15) is 0 Å². The molecule has 4 heteroatoms. The van der Waals surface area contributed by atoms with Crippen LogP contribution in [0.15, 0.2) is 30.7 Å². The topological polar surface area (TPSA) is 36.3 Å². The first-order chi connectivity index (χ1) is 9.40. The first kappa shape index (κ1) is 11.1. The summed E-state index contributed by atoms with van der Waals surface area (Å²) >= 11 is 0. The van der Waals surface area contributed by atoms with Gasteiger partial charge >= 0.3 is 0 Å². The first-order valence-electron chi connectivity index (χ1n) is 6.77. The van der Waals surface area contributed by atoms with Crippen molar-refractivity contribution in [1.29, 1.82) is 0 Å². The lowest BCUT2D eigenvalue weighted by molar-refractivity contribution is -0.0254. The summed E-state index contributed by atoms with van der Waals surface area (Å²) in [5, 5.41) is 0. The van der Waals surface area contributed by atoms with E-state index < -0.39 is 0 Å². The second-order valence-corrected chi connectivity index (χ2v) is 5.16. The van der Waals surface area contributed by atoms with E-state index in [2.05, 4.69) is 27.8 Å². The number of fused-ring (bicyclic) bond motifs is 2. The van der Waals surface area contributed by atoms with Crippen molar-refractivity contribution in [3.05, 3.63) is 47.5 Å². The summed E-state index contributed by atoms with van der Waals surface area (Å²) in [6, 6.07) is 6.43. The molecule has 2 heterocycles. The standard InChI is InChI=1S/C15H16N2O2/c1-2-11-4-5-14(6-12(11)3-1)19-15-9-18-8-13-7-16-10-17(13)15/h4-7,10,15H,1-3,8-9H2. The van der Waals surface area contributed by atoms with Crippen molar-refractivity contribution in [2.45, 2.75) is 32.1 Å². The molecule has 2 aliphatic rings. The number of ether oxygens (including phenoxy) is 2. The molecule has 0 radical (unpaired) electrons. The van der Waals surface area contributed by atoms with Gasteiger partial charge in [0.1, 0.15) is 12.4 Å². The molecule has 0 amide bonds. The smallest absolute Gasteiger partial charge is 0.200 e. The summed E-state index contributed by atoms with van der Waals surface area (Å²) in [5.41, 5.74) is 3.97. The van der Waals surface area contributed by atoms with Crippen LogP contribution < -0.4 is 4.74 Å². The van der Waals surface area contributed by atoms with Gasteiger partial charge < -0.3 is 9.47 Å². The van der Waals surface area contributed by atoms with Crippen LogP contribution in [-0.4, -0.2) is 16.2 Å². The van der Waals surface area contributed by atoms with Crippen LogP contribution in [0.1, 0.15) is 29.5 Å². The van der Waals surface area contributed by atoms with Crippen molar-refractivity contribution in [3.8, 4) is 5.75 Å². The lowest BCUT2D eigenvalue weighted by atomic mass is 10.1. The number of aromatic nitrogens is 2. The minimum absolute atomic E-state index is 0.106. The molecule has 0 fully saturated rings. The largest absolute Gasteiger partial charge is 0.468 e. The molecule has 2 aromatic rings. The minimum Gasteiger partial charge on any atom is -0.468 e. The first-order valence-corrected chi connectivity index (χ1v) is 6.77. The van der Waals surface area contributed by atoms with E-state index in [1.54, 1.807) is 0 Å². The third-order valence-corrected chi connectivity index (χ3v) is 3.91. The van der Waals surface area contributed by atoms with Crippen LogP contribution >= 0.6 is 0 Å². The minimum atomic E-state index is -0.106. The van der Waals surface area contributed by atoms with Gasteiger partial charge in [0.05, 0.1) is 24.8 Å². The highest BCUT2D eigenvalue weighted by molar-refractivity contribution is 5.38. The molecule has 0 saturated carbocycles. The molecular weight excluding hydrogens is 240 g/mol. The van der Waals surface area contributed by atoms with Gasteiger partial charge in [0.25, 0.3) is 0 Å². The Morgan fingerprint density at radius 1 is 1.26 bits per heavy atom. The van der Waals surface area contributed by atoms with E-state index >= 15 is 0 Å². The monoisotopic (exact) mass is 256 g/mol. The van der Waals surface area contributed by atoms with E-state index in [4.69, 9.17) is 9.47 Å². The number of rotatable bonds is 2. The van der Waals surface area contributed by atoms with Gasteiger partial charge in [-0.05, 0) is 42.5 Å². The molecule has 19 heavy (non-hydrogen) atoms. The Bertz CT molecular complexity index is 606. The average molecular weight is 256 g/mol. The second kappa shape index (κ2) is 4.38. The maximum absolute atomic E-state index is 6.06. The van der Waals surface area contributed by atoms with Crippen molar-refractivity contribution >= 4 is 0 Å². The fraction of sp³-hybridized carbons (Fsp3) is 0.400. The van der Waals surface area contributed by atoms with E-state index in [-0.39, 0.29) is 6.23 Å². The van der Waals surface area contributed by atoms with Crippen LogP contribution in [-0.2, 0) is 24.2 Å². The maximum atomic E-state index is 6.06. The van der Waals surface area contributed by atoms with Crippen molar-refractivity contribution in [2.75, 3.05) is 6.61 Å². The summed E-state index contributed by atoms with van der Waals surface area (Å²) in [5.74, 6) is 0.927. The van der Waals surface area contributed by atoms with E-state index in [1.807, 2.05) is 12.5 Å². The van der Waals surface area contributed by atoms with E-state index in [1.165, 1.54) is 30.4 Å². The summed E-state index contributed by atoms with van der Waals surface area (Å²) < 4.78 is 13.7.